The topological polar surface area (TPSA) is 79.9 Å². The summed E-state index contributed by atoms with van der Waals surface area (Å²) in [5.41, 5.74) is 1.08. The SMILES string of the molecule is COc1ccc(CCNC(=O)C2CCN(C(=O)NC3CC3)CC2)cc1OC. The minimum atomic E-state index is -0.0135. The van der Waals surface area contributed by atoms with Crippen molar-refractivity contribution >= 4 is 11.9 Å². The Morgan fingerprint density at radius 1 is 1.07 bits per heavy atom. The molecule has 0 aromatic heterocycles. The first kappa shape index (κ1) is 19.3. The number of piperidine rings is 1. The van der Waals surface area contributed by atoms with Gasteiger partial charge in [0.1, 0.15) is 0 Å². The van der Waals surface area contributed by atoms with Crippen LogP contribution in [0.5, 0.6) is 11.5 Å². The monoisotopic (exact) mass is 375 g/mol. The van der Waals surface area contributed by atoms with Crippen LogP contribution < -0.4 is 20.1 Å². The van der Waals surface area contributed by atoms with Gasteiger partial charge in [-0.15, -0.1) is 0 Å². The second kappa shape index (κ2) is 8.97. The Kier molecular flexibility index (Phi) is 6.42. The van der Waals surface area contributed by atoms with Crippen molar-refractivity contribution in [1.82, 2.24) is 15.5 Å². The van der Waals surface area contributed by atoms with Gasteiger partial charge in [0.2, 0.25) is 5.91 Å². The molecule has 0 spiro atoms. The fourth-order valence-electron chi connectivity index (χ4n) is 3.35. The number of likely N-dealkylation sites (tertiary alicyclic amines) is 1. The number of benzene rings is 1. The third-order valence-corrected chi connectivity index (χ3v) is 5.22. The van der Waals surface area contributed by atoms with Crippen molar-refractivity contribution in [3.8, 4) is 11.5 Å². The van der Waals surface area contributed by atoms with E-state index < -0.39 is 0 Å². The number of nitrogens with zero attached hydrogens (tertiary/aromatic N) is 1. The van der Waals surface area contributed by atoms with Crippen molar-refractivity contribution in [1.29, 1.82) is 0 Å². The molecule has 0 radical (unpaired) electrons. The number of urea groups is 1. The first-order valence-corrected chi connectivity index (χ1v) is 9.64. The lowest BCUT2D eigenvalue weighted by atomic mass is 9.96. The molecule has 7 heteroatoms. The molecule has 0 unspecified atom stereocenters. The molecule has 3 amide bonds. The predicted octanol–water partition coefficient (Wildman–Crippen LogP) is 1.95. The summed E-state index contributed by atoms with van der Waals surface area (Å²) in [5, 5.41) is 6.03. The standard InChI is InChI=1S/C20H29N3O4/c1-26-17-6-3-14(13-18(17)27-2)7-10-21-19(24)15-8-11-23(12-9-15)20(25)22-16-4-5-16/h3,6,13,15-16H,4-5,7-12H2,1-2H3,(H,21,24)(H,22,25). The van der Waals surface area contributed by atoms with Gasteiger partial charge in [-0.1, -0.05) is 6.07 Å². The highest BCUT2D eigenvalue weighted by Crippen LogP contribution is 2.27. The first-order chi connectivity index (χ1) is 13.1. The molecule has 1 saturated heterocycles. The number of rotatable bonds is 7. The molecule has 1 saturated carbocycles. The Labute approximate surface area is 160 Å². The quantitative estimate of drug-likeness (QED) is 0.763. The van der Waals surface area contributed by atoms with Crippen LogP contribution in [0.1, 0.15) is 31.2 Å². The van der Waals surface area contributed by atoms with Crippen LogP contribution in [-0.2, 0) is 11.2 Å². The molecule has 27 heavy (non-hydrogen) atoms. The number of methoxy groups -OCH3 is 2. The van der Waals surface area contributed by atoms with E-state index in [-0.39, 0.29) is 17.9 Å². The fraction of sp³-hybridized carbons (Fsp3) is 0.600. The van der Waals surface area contributed by atoms with E-state index >= 15 is 0 Å². The van der Waals surface area contributed by atoms with Gasteiger partial charge >= 0.3 is 6.03 Å². The van der Waals surface area contributed by atoms with Crippen LogP contribution >= 0.6 is 0 Å². The van der Waals surface area contributed by atoms with Crippen molar-refractivity contribution in [3.63, 3.8) is 0 Å². The van der Waals surface area contributed by atoms with Crippen LogP contribution in [0.4, 0.5) is 4.79 Å². The van der Waals surface area contributed by atoms with Gasteiger partial charge in [-0.05, 0) is 49.8 Å². The molecule has 1 aliphatic carbocycles. The number of hydrogen-bond acceptors (Lipinski definition) is 4. The van der Waals surface area contributed by atoms with Gasteiger partial charge < -0.3 is 25.0 Å². The van der Waals surface area contributed by atoms with E-state index in [0.717, 1.165) is 37.7 Å². The Morgan fingerprint density at radius 3 is 2.41 bits per heavy atom. The summed E-state index contributed by atoms with van der Waals surface area (Å²) in [6.45, 7) is 1.87. The number of carbonyl (C=O) groups excluding carboxylic acids is 2. The maximum absolute atomic E-state index is 12.4. The maximum atomic E-state index is 12.4. The molecule has 7 nitrogen and oxygen atoms in total. The number of ether oxygens (including phenoxy) is 2. The van der Waals surface area contributed by atoms with E-state index in [2.05, 4.69) is 10.6 Å². The Bertz CT molecular complexity index is 667. The lowest BCUT2D eigenvalue weighted by Crippen LogP contribution is -2.47. The van der Waals surface area contributed by atoms with Crippen LogP contribution in [0.2, 0.25) is 0 Å². The lowest BCUT2D eigenvalue weighted by molar-refractivity contribution is -0.126. The molecular weight excluding hydrogens is 346 g/mol. The van der Waals surface area contributed by atoms with Gasteiger partial charge in [0.05, 0.1) is 14.2 Å². The number of nitrogens with one attached hydrogen (secondary N) is 2. The zero-order chi connectivity index (χ0) is 19.2. The van der Waals surface area contributed by atoms with Gasteiger partial charge in [-0.25, -0.2) is 4.79 Å². The van der Waals surface area contributed by atoms with E-state index in [4.69, 9.17) is 9.47 Å². The largest absolute Gasteiger partial charge is 0.493 e. The minimum Gasteiger partial charge on any atom is -0.493 e. The molecule has 1 heterocycles. The van der Waals surface area contributed by atoms with E-state index in [1.54, 1.807) is 14.2 Å². The molecule has 1 aromatic carbocycles. The van der Waals surface area contributed by atoms with Gasteiger partial charge in [0, 0.05) is 31.6 Å². The number of hydrogen-bond donors (Lipinski definition) is 2. The van der Waals surface area contributed by atoms with Crippen molar-refractivity contribution in [2.24, 2.45) is 5.92 Å². The van der Waals surface area contributed by atoms with E-state index in [1.807, 2.05) is 23.1 Å². The number of carbonyl (C=O) groups is 2. The van der Waals surface area contributed by atoms with Crippen molar-refractivity contribution in [2.75, 3.05) is 33.9 Å². The molecule has 2 aliphatic rings. The highest BCUT2D eigenvalue weighted by Gasteiger charge is 2.30. The summed E-state index contributed by atoms with van der Waals surface area (Å²) in [4.78, 5) is 26.3. The van der Waals surface area contributed by atoms with Crippen molar-refractivity contribution < 1.29 is 19.1 Å². The van der Waals surface area contributed by atoms with Gasteiger partial charge in [-0.3, -0.25) is 4.79 Å². The second-order valence-corrected chi connectivity index (χ2v) is 7.22. The average molecular weight is 375 g/mol. The molecule has 148 valence electrons. The Hall–Kier alpha value is -2.44. The minimum absolute atomic E-state index is 0.0135. The lowest BCUT2D eigenvalue weighted by Gasteiger charge is -2.31. The highest BCUT2D eigenvalue weighted by atomic mass is 16.5. The molecule has 2 fully saturated rings. The van der Waals surface area contributed by atoms with E-state index in [0.29, 0.717) is 37.2 Å². The summed E-state index contributed by atoms with van der Waals surface area (Å²) < 4.78 is 10.5. The molecule has 1 aromatic rings. The summed E-state index contributed by atoms with van der Waals surface area (Å²) >= 11 is 0. The molecule has 1 aliphatic heterocycles. The average Bonchev–Trinajstić information content (AvgIpc) is 3.51. The van der Waals surface area contributed by atoms with Crippen LogP contribution in [0.3, 0.4) is 0 Å². The fourth-order valence-corrected chi connectivity index (χ4v) is 3.35. The highest BCUT2D eigenvalue weighted by molar-refractivity contribution is 5.79. The third-order valence-electron chi connectivity index (χ3n) is 5.22. The van der Waals surface area contributed by atoms with Gasteiger partial charge in [0.25, 0.3) is 0 Å². The predicted molar refractivity (Wildman–Crippen MR) is 102 cm³/mol. The number of amides is 3. The van der Waals surface area contributed by atoms with Crippen LogP contribution in [0.25, 0.3) is 0 Å². The summed E-state index contributed by atoms with van der Waals surface area (Å²) in [6, 6.07) is 6.17. The molecule has 3 rings (SSSR count). The zero-order valence-electron chi connectivity index (χ0n) is 16.1. The molecule has 2 N–H and O–H groups in total. The molecule has 0 atom stereocenters. The summed E-state index contributed by atoms with van der Waals surface area (Å²) in [5.74, 6) is 1.46. The molecule has 0 bridgehead atoms. The normalized spacial score (nSPS) is 17.3. The van der Waals surface area contributed by atoms with Crippen molar-refractivity contribution in [3.05, 3.63) is 23.8 Å². The van der Waals surface area contributed by atoms with Crippen LogP contribution in [0, 0.1) is 5.92 Å². The second-order valence-electron chi connectivity index (χ2n) is 7.22. The Balaban J connectivity index is 1.39. The first-order valence-electron chi connectivity index (χ1n) is 9.64. The van der Waals surface area contributed by atoms with E-state index in [1.165, 1.54) is 0 Å². The Morgan fingerprint density at radius 2 is 1.78 bits per heavy atom. The molecular formula is C20H29N3O4. The summed E-state index contributed by atoms with van der Waals surface area (Å²) in [6.07, 6.45) is 4.35. The third kappa shape index (κ3) is 5.28. The van der Waals surface area contributed by atoms with Crippen LogP contribution in [0.15, 0.2) is 18.2 Å². The summed E-state index contributed by atoms with van der Waals surface area (Å²) in [7, 11) is 3.22. The van der Waals surface area contributed by atoms with Gasteiger partial charge in [-0.2, -0.15) is 0 Å². The van der Waals surface area contributed by atoms with Crippen molar-refractivity contribution in [2.45, 2.75) is 38.1 Å². The van der Waals surface area contributed by atoms with Gasteiger partial charge in [0.15, 0.2) is 11.5 Å². The van der Waals surface area contributed by atoms with E-state index in [9.17, 15) is 9.59 Å². The smallest absolute Gasteiger partial charge is 0.317 e. The van der Waals surface area contributed by atoms with Crippen LogP contribution in [-0.4, -0.2) is 56.7 Å². The maximum Gasteiger partial charge on any atom is 0.317 e. The zero-order valence-corrected chi connectivity index (χ0v) is 16.1.